The average Bonchev–Trinajstić information content (AvgIpc) is 3.20. The molecule has 3 rings (SSSR count). The van der Waals surface area contributed by atoms with Crippen molar-refractivity contribution < 1.29 is 9.53 Å². The summed E-state index contributed by atoms with van der Waals surface area (Å²) in [5, 5.41) is 15.2. The first kappa shape index (κ1) is 19.9. The molecule has 28 heavy (non-hydrogen) atoms. The maximum atomic E-state index is 12.3. The van der Waals surface area contributed by atoms with Crippen molar-refractivity contribution in [3.05, 3.63) is 54.1 Å². The number of para-hydroxylation sites is 2. The Kier molecular flexibility index (Phi) is 6.65. The van der Waals surface area contributed by atoms with E-state index in [1.165, 1.54) is 17.3 Å². The van der Waals surface area contributed by atoms with Gasteiger partial charge in [0.1, 0.15) is 11.4 Å². The van der Waals surface area contributed by atoms with Gasteiger partial charge in [-0.15, -0.1) is 5.10 Å². The molecule has 2 aromatic carbocycles. The molecule has 1 unspecified atom stereocenters. The first-order chi connectivity index (χ1) is 13.6. The number of thioether (sulfide) groups is 1. The number of carbonyl (C=O) groups excluding carboxylic acids is 1. The number of hydrogen-bond donors (Lipinski definition) is 1. The predicted octanol–water partition coefficient (Wildman–Crippen LogP) is 3.92. The summed E-state index contributed by atoms with van der Waals surface area (Å²) in [5.74, 6) is 1.25. The zero-order chi connectivity index (χ0) is 19.9. The van der Waals surface area contributed by atoms with E-state index in [1.54, 1.807) is 11.8 Å². The van der Waals surface area contributed by atoms with E-state index in [2.05, 4.69) is 46.8 Å². The molecule has 1 N–H and O–H groups in total. The molecule has 1 heterocycles. The van der Waals surface area contributed by atoms with Crippen LogP contribution >= 0.6 is 11.8 Å². The van der Waals surface area contributed by atoms with Gasteiger partial charge in [-0.3, -0.25) is 4.79 Å². The van der Waals surface area contributed by atoms with Crippen LogP contribution in [0.5, 0.6) is 5.75 Å². The zero-order valence-corrected chi connectivity index (χ0v) is 16.9. The van der Waals surface area contributed by atoms with Crippen molar-refractivity contribution in [1.29, 1.82) is 0 Å². The normalized spacial score (nSPS) is 11.8. The van der Waals surface area contributed by atoms with Crippen LogP contribution in [0.3, 0.4) is 0 Å². The van der Waals surface area contributed by atoms with Crippen molar-refractivity contribution in [2.24, 2.45) is 0 Å². The van der Waals surface area contributed by atoms with Gasteiger partial charge in [-0.2, -0.15) is 4.68 Å². The summed E-state index contributed by atoms with van der Waals surface area (Å²) in [6, 6.07) is 15.4. The van der Waals surface area contributed by atoms with E-state index < -0.39 is 0 Å². The van der Waals surface area contributed by atoms with E-state index >= 15 is 0 Å². The SMILES string of the molecule is CCC(C)c1ccc(NC(=O)CSc2nnnn2-c2ccccc2OC)cc1. The molecule has 0 radical (unpaired) electrons. The fourth-order valence-corrected chi connectivity index (χ4v) is 3.37. The average molecular weight is 398 g/mol. The second-order valence-electron chi connectivity index (χ2n) is 6.31. The maximum absolute atomic E-state index is 12.3. The van der Waals surface area contributed by atoms with Crippen LogP contribution in [0.4, 0.5) is 5.69 Å². The van der Waals surface area contributed by atoms with E-state index in [9.17, 15) is 4.79 Å². The number of aromatic nitrogens is 4. The van der Waals surface area contributed by atoms with Crippen LogP contribution < -0.4 is 10.1 Å². The quantitative estimate of drug-likeness (QED) is 0.580. The largest absolute Gasteiger partial charge is 0.494 e. The van der Waals surface area contributed by atoms with Gasteiger partial charge in [0, 0.05) is 5.69 Å². The lowest BCUT2D eigenvalue weighted by atomic mass is 9.99. The summed E-state index contributed by atoms with van der Waals surface area (Å²) in [6.45, 7) is 4.35. The molecule has 0 aliphatic carbocycles. The Labute approximate surface area is 168 Å². The topological polar surface area (TPSA) is 81.9 Å². The maximum Gasteiger partial charge on any atom is 0.234 e. The van der Waals surface area contributed by atoms with Gasteiger partial charge in [0.05, 0.1) is 12.9 Å². The number of methoxy groups -OCH3 is 1. The molecule has 7 nitrogen and oxygen atoms in total. The Balaban J connectivity index is 1.62. The van der Waals surface area contributed by atoms with Gasteiger partial charge in [-0.05, 0) is 52.6 Å². The van der Waals surface area contributed by atoms with Gasteiger partial charge in [0.2, 0.25) is 11.1 Å². The van der Waals surface area contributed by atoms with Gasteiger partial charge in [-0.25, -0.2) is 0 Å². The molecule has 0 saturated carbocycles. The van der Waals surface area contributed by atoms with E-state index in [4.69, 9.17) is 4.74 Å². The number of nitrogens with zero attached hydrogens (tertiary/aromatic N) is 4. The zero-order valence-electron chi connectivity index (χ0n) is 16.1. The summed E-state index contributed by atoms with van der Waals surface area (Å²) >= 11 is 1.27. The smallest absolute Gasteiger partial charge is 0.234 e. The molecule has 1 amide bonds. The standard InChI is InChI=1S/C20H23N5O2S/c1-4-14(2)15-9-11-16(12-10-15)21-19(26)13-28-20-22-23-24-25(20)17-7-5-6-8-18(17)27-3/h5-12,14H,4,13H2,1-3H3,(H,21,26). The highest BCUT2D eigenvalue weighted by Gasteiger charge is 2.14. The first-order valence-corrected chi connectivity index (χ1v) is 10.0. The number of carbonyl (C=O) groups is 1. The molecule has 1 atom stereocenters. The van der Waals surface area contributed by atoms with Crippen LogP contribution in [0.1, 0.15) is 31.7 Å². The monoisotopic (exact) mass is 397 g/mol. The Hall–Kier alpha value is -2.87. The third-order valence-corrected chi connectivity index (χ3v) is 5.38. The highest BCUT2D eigenvalue weighted by molar-refractivity contribution is 7.99. The van der Waals surface area contributed by atoms with Crippen molar-refractivity contribution in [3.8, 4) is 11.4 Å². The third-order valence-electron chi connectivity index (χ3n) is 4.46. The second-order valence-corrected chi connectivity index (χ2v) is 7.26. The number of rotatable bonds is 8. The van der Waals surface area contributed by atoms with Gasteiger partial charge in [-0.1, -0.05) is 49.9 Å². The van der Waals surface area contributed by atoms with Crippen LogP contribution in [-0.2, 0) is 4.79 Å². The molecule has 0 fully saturated rings. The molecular weight excluding hydrogens is 374 g/mol. The van der Waals surface area contributed by atoms with Crippen LogP contribution in [0.15, 0.2) is 53.7 Å². The first-order valence-electron chi connectivity index (χ1n) is 9.06. The van der Waals surface area contributed by atoms with Gasteiger partial charge >= 0.3 is 0 Å². The van der Waals surface area contributed by atoms with Crippen LogP contribution in [0.2, 0.25) is 0 Å². The number of hydrogen-bond acceptors (Lipinski definition) is 6. The summed E-state index contributed by atoms with van der Waals surface area (Å²) in [6.07, 6.45) is 1.09. The second kappa shape index (κ2) is 9.36. The van der Waals surface area contributed by atoms with E-state index in [0.29, 0.717) is 16.8 Å². The van der Waals surface area contributed by atoms with Gasteiger partial charge < -0.3 is 10.1 Å². The van der Waals surface area contributed by atoms with Crippen molar-refractivity contribution in [2.45, 2.75) is 31.3 Å². The Morgan fingerprint density at radius 3 is 2.68 bits per heavy atom. The van der Waals surface area contributed by atoms with Crippen molar-refractivity contribution >= 4 is 23.4 Å². The number of tetrazole rings is 1. The molecule has 0 bridgehead atoms. The fraction of sp³-hybridized carbons (Fsp3) is 0.300. The molecule has 1 aromatic heterocycles. The minimum Gasteiger partial charge on any atom is -0.494 e. The summed E-state index contributed by atoms with van der Waals surface area (Å²) in [7, 11) is 1.59. The summed E-state index contributed by atoms with van der Waals surface area (Å²) < 4.78 is 6.93. The number of anilines is 1. The fourth-order valence-electron chi connectivity index (χ4n) is 2.68. The van der Waals surface area contributed by atoms with Crippen LogP contribution in [-0.4, -0.2) is 39.0 Å². The number of benzene rings is 2. The van der Waals surface area contributed by atoms with Crippen molar-refractivity contribution in [3.63, 3.8) is 0 Å². The Morgan fingerprint density at radius 2 is 1.96 bits per heavy atom. The van der Waals surface area contributed by atoms with E-state index in [1.807, 2.05) is 36.4 Å². The molecule has 0 saturated heterocycles. The van der Waals surface area contributed by atoms with Crippen LogP contribution in [0, 0.1) is 0 Å². The highest BCUT2D eigenvalue weighted by atomic mass is 32.2. The molecule has 0 aliphatic heterocycles. The molecular formula is C20H23N5O2S. The highest BCUT2D eigenvalue weighted by Crippen LogP contribution is 2.26. The third kappa shape index (κ3) is 4.69. The van der Waals surface area contributed by atoms with Crippen molar-refractivity contribution in [2.75, 3.05) is 18.2 Å². The molecule has 0 aliphatic rings. The predicted molar refractivity (Wildman–Crippen MR) is 110 cm³/mol. The van der Waals surface area contributed by atoms with E-state index in [0.717, 1.165) is 17.8 Å². The molecule has 3 aromatic rings. The van der Waals surface area contributed by atoms with Crippen LogP contribution in [0.25, 0.3) is 5.69 Å². The number of ether oxygens (including phenoxy) is 1. The lowest BCUT2D eigenvalue weighted by Crippen LogP contribution is -2.14. The Bertz CT molecular complexity index is 926. The molecule has 8 heteroatoms. The van der Waals surface area contributed by atoms with Crippen molar-refractivity contribution in [1.82, 2.24) is 20.2 Å². The number of nitrogens with one attached hydrogen (secondary N) is 1. The van der Waals surface area contributed by atoms with Gasteiger partial charge in [0.15, 0.2) is 0 Å². The minimum atomic E-state index is -0.115. The number of amides is 1. The Morgan fingerprint density at radius 1 is 1.21 bits per heavy atom. The molecule has 146 valence electrons. The summed E-state index contributed by atoms with van der Waals surface area (Å²) in [5.41, 5.74) is 2.77. The van der Waals surface area contributed by atoms with E-state index in [-0.39, 0.29) is 11.7 Å². The lowest BCUT2D eigenvalue weighted by Gasteiger charge is -2.11. The summed E-state index contributed by atoms with van der Waals surface area (Å²) in [4.78, 5) is 12.3. The molecule has 0 spiro atoms. The van der Waals surface area contributed by atoms with Gasteiger partial charge in [0.25, 0.3) is 0 Å². The minimum absolute atomic E-state index is 0.115. The lowest BCUT2D eigenvalue weighted by molar-refractivity contribution is -0.113.